The molecule has 1 amide bonds. The first-order valence-corrected chi connectivity index (χ1v) is 7.48. The molecule has 25 heavy (non-hydrogen) atoms. The molecule has 4 heterocycles. The lowest BCUT2D eigenvalue weighted by molar-refractivity contribution is -0.174. The number of alkyl halides is 3. The van der Waals surface area contributed by atoms with Gasteiger partial charge in [0.15, 0.2) is 16.2 Å². The maximum atomic E-state index is 14.4. The Morgan fingerprint density at radius 2 is 2.12 bits per heavy atom. The van der Waals surface area contributed by atoms with E-state index < -0.39 is 18.1 Å². The van der Waals surface area contributed by atoms with Gasteiger partial charge in [0.2, 0.25) is 6.41 Å². The maximum absolute atomic E-state index is 14.4. The molecular formula is C14H10ClF3N6O. The summed E-state index contributed by atoms with van der Waals surface area (Å²) in [4.78, 5) is 16.4. The SMILES string of the molecule is Cn1cc([C@]2(C(F)(F)F)CN(C=O)c3cnc4cc(Cl)nn4c32)cn1. The second-order valence-corrected chi connectivity index (χ2v) is 6.16. The molecule has 1 aliphatic heterocycles. The van der Waals surface area contributed by atoms with Gasteiger partial charge >= 0.3 is 6.18 Å². The number of carbonyl (C=O) groups excluding carboxylic acids is 1. The van der Waals surface area contributed by atoms with E-state index in [4.69, 9.17) is 11.6 Å². The van der Waals surface area contributed by atoms with E-state index in [9.17, 15) is 18.0 Å². The van der Waals surface area contributed by atoms with Gasteiger partial charge in [-0.25, -0.2) is 9.50 Å². The standard InChI is InChI=1S/C14H10ClF3N6O/c1-22-5-8(3-20-22)13(14(16,17)18)6-23(7-25)9-4-19-11-2-10(15)21-24(11)12(9)13/h2-5,7H,6H2,1H3/t13-/m1/s1. The van der Waals surface area contributed by atoms with Crippen LogP contribution in [0.2, 0.25) is 5.15 Å². The Hall–Kier alpha value is -2.62. The van der Waals surface area contributed by atoms with E-state index in [0.717, 1.165) is 15.6 Å². The number of fused-ring (bicyclic) bond motifs is 3. The van der Waals surface area contributed by atoms with Gasteiger partial charge in [-0.1, -0.05) is 11.6 Å². The second-order valence-electron chi connectivity index (χ2n) is 5.77. The van der Waals surface area contributed by atoms with Crippen molar-refractivity contribution in [3.05, 3.63) is 41.1 Å². The predicted molar refractivity (Wildman–Crippen MR) is 81.5 cm³/mol. The molecule has 1 atom stereocenters. The zero-order chi connectivity index (χ0) is 18.0. The fourth-order valence-corrected chi connectivity index (χ4v) is 3.45. The molecule has 0 N–H and O–H groups in total. The normalized spacial score (nSPS) is 20.3. The Labute approximate surface area is 143 Å². The van der Waals surface area contributed by atoms with Crippen molar-refractivity contribution >= 4 is 29.3 Å². The van der Waals surface area contributed by atoms with Crippen LogP contribution in [0.5, 0.6) is 0 Å². The summed E-state index contributed by atoms with van der Waals surface area (Å²) in [5.74, 6) is 0. The van der Waals surface area contributed by atoms with E-state index in [1.807, 2.05) is 0 Å². The van der Waals surface area contributed by atoms with Gasteiger partial charge in [-0.2, -0.15) is 23.4 Å². The van der Waals surface area contributed by atoms with Crippen molar-refractivity contribution in [1.29, 1.82) is 0 Å². The maximum Gasteiger partial charge on any atom is 0.405 e. The van der Waals surface area contributed by atoms with Gasteiger partial charge in [0.25, 0.3) is 0 Å². The highest BCUT2D eigenvalue weighted by Crippen LogP contribution is 2.53. The number of hydrogen-bond donors (Lipinski definition) is 0. The molecule has 0 bridgehead atoms. The molecule has 0 spiro atoms. The number of aryl methyl sites for hydroxylation is 1. The van der Waals surface area contributed by atoms with Crippen LogP contribution in [0.4, 0.5) is 18.9 Å². The van der Waals surface area contributed by atoms with E-state index in [0.29, 0.717) is 6.41 Å². The third kappa shape index (κ3) is 2.00. The average molecular weight is 371 g/mol. The van der Waals surface area contributed by atoms with Gasteiger partial charge in [-0.15, -0.1) is 0 Å². The van der Waals surface area contributed by atoms with Crippen LogP contribution in [-0.4, -0.2) is 43.5 Å². The van der Waals surface area contributed by atoms with Gasteiger partial charge in [-0.05, 0) is 0 Å². The van der Waals surface area contributed by atoms with Crippen molar-refractivity contribution < 1.29 is 18.0 Å². The van der Waals surface area contributed by atoms with Gasteiger partial charge in [0.05, 0.1) is 30.3 Å². The Morgan fingerprint density at radius 1 is 1.36 bits per heavy atom. The minimum atomic E-state index is -4.71. The molecule has 7 nitrogen and oxygen atoms in total. The molecule has 3 aromatic rings. The van der Waals surface area contributed by atoms with Crippen LogP contribution in [0.25, 0.3) is 5.65 Å². The van der Waals surface area contributed by atoms with Crippen molar-refractivity contribution in [3.63, 3.8) is 0 Å². The lowest BCUT2D eigenvalue weighted by atomic mass is 9.79. The number of aromatic nitrogens is 5. The molecule has 0 unspecified atom stereocenters. The molecule has 0 saturated carbocycles. The second kappa shape index (κ2) is 4.94. The van der Waals surface area contributed by atoms with Crippen LogP contribution in [0.1, 0.15) is 11.3 Å². The van der Waals surface area contributed by atoms with E-state index in [-0.39, 0.29) is 27.7 Å². The lowest BCUT2D eigenvalue weighted by Crippen LogP contribution is -2.47. The minimum Gasteiger partial charge on any atom is -0.310 e. The summed E-state index contributed by atoms with van der Waals surface area (Å²) in [6, 6.07) is 1.36. The monoisotopic (exact) mass is 370 g/mol. The van der Waals surface area contributed by atoms with Crippen molar-refractivity contribution in [2.75, 3.05) is 11.4 Å². The number of carbonyl (C=O) groups is 1. The number of amides is 1. The van der Waals surface area contributed by atoms with Crippen LogP contribution >= 0.6 is 11.6 Å². The molecule has 0 aliphatic carbocycles. The van der Waals surface area contributed by atoms with Crippen molar-refractivity contribution in [2.45, 2.75) is 11.6 Å². The van der Waals surface area contributed by atoms with Crippen LogP contribution in [-0.2, 0) is 17.3 Å². The topological polar surface area (TPSA) is 68.3 Å². The highest BCUT2D eigenvalue weighted by atomic mass is 35.5. The van der Waals surface area contributed by atoms with Crippen molar-refractivity contribution in [3.8, 4) is 0 Å². The van der Waals surface area contributed by atoms with Gasteiger partial charge < -0.3 is 4.90 Å². The number of nitrogens with zero attached hydrogens (tertiary/aromatic N) is 6. The lowest BCUT2D eigenvalue weighted by Gasteiger charge is -2.31. The quantitative estimate of drug-likeness (QED) is 0.647. The first-order valence-electron chi connectivity index (χ1n) is 7.10. The zero-order valence-electron chi connectivity index (χ0n) is 12.7. The van der Waals surface area contributed by atoms with E-state index in [1.54, 1.807) is 0 Å². The van der Waals surface area contributed by atoms with Crippen molar-refractivity contribution in [2.24, 2.45) is 7.05 Å². The summed E-state index contributed by atoms with van der Waals surface area (Å²) in [5, 5.41) is 7.82. The van der Waals surface area contributed by atoms with Crippen LogP contribution in [0.15, 0.2) is 24.7 Å². The molecular weight excluding hydrogens is 361 g/mol. The summed E-state index contributed by atoms with van der Waals surface area (Å²) in [6.45, 7) is -0.626. The Morgan fingerprint density at radius 3 is 2.72 bits per heavy atom. The summed E-state index contributed by atoms with van der Waals surface area (Å²) >= 11 is 5.86. The van der Waals surface area contributed by atoms with Crippen LogP contribution < -0.4 is 4.90 Å². The fourth-order valence-electron chi connectivity index (χ4n) is 3.27. The number of anilines is 1. The molecule has 0 aromatic carbocycles. The number of rotatable bonds is 2. The number of halogens is 4. The van der Waals surface area contributed by atoms with Crippen LogP contribution in [0.3, 0.4) is 0 Å². The average Bonchev–Trinajstić information content (AvgIpc) is 3.19. The van der Waals surface area contributed by atoms with Gasteiger partial charge in [0, 0.05) is 24.9 Å². The number of hydrogen-bond acceptors (Lipinski definition) is 4. The van der Waals surface area contributed by atoms with E-state index in [2.05, 4.69) is 15.2 Å². The Bertz CT molecular complexity index is 996. The van der Waals surface area contributed by atoms with Gasteiger partial charge in [-0.3, -0.25) is 9.48 Å². The largest absolute Gasteiger partial charge is 0.405 e. The highest BCUT2D eigenvalue weighted by Gasteiger charge is 2.64. The van der Waals surface area contributed by atoms with E-state index in [1.165, 1.54) is 30.2 Å². The van der Waals surface area contributed by atoms with Crippen LogP contribution in [0, 0.1) is 0 Å². The fraction of sp³-hybridized carbons (Fsp3) is 0.286. The third-order valence-corrected chi connectivity index (χ3v) is 4.55. The molecule has 130 valence electrons. The molecule has 4 rings (SSSR count). The molecule has 3 aromatic heterocycles. The molecule has 1 aliphatic rings. The molecule has 0 fully saturated rings. The first kappa shape index (κ1) is 15.9. The first-order chi connectivity index (χ1) is 11.8. The highest BCUT2D eigenvalue weighted by molar-refractivity contribution is 6.29. The molecule has 0 saturated heterocycles. The predicted octanol–water partition coefficient (Wildman–Crippen LogP) is 1.94. The van der Waals surface area contributed by atoms with E-state index >= 15 is 0 Å². The summed E-state index contributed by atoms with van der Waals surface area (Å²) in [5.41, 5.74) is -2.60. The third-order valence-electron chi connectivity index (χ3n) is 4.36. The summed E-state index contributed by atoms with van der Waals surface area (Å²) in [6.07, 6.45) is -0.719. The van der Waals surface area contributed by atoms with Gasteiger partial charge in [0.1, 0.15) is 0 Å². The molecule has 11 heteroatoms. The Balaban J connectivity index is 2.15. The zero-order valence-corrected chi connectivity index (χ0v) is 13.5. The summed E-state index contributed by atoms with van der Waals surface area (Å²) < 4.78 is 45.4. The molecule has 0 radical (unpaired) electrons. The summed E-state index contributed by atoms with van der Waals surface area (Å²) in [7, 11) is 1.52. The Kier molecular flexibility index (Phi) is 3.14. The van der Waals surface area contributed by atoms with Crippen molar-refractivity contribution in [1.82, 2.24) is 24.4 Å². The smallest absolute Gasteiger partial charge is 0.310 e. The minimum absolute atomic E-state index is 0.00714.